The van der Waals surface area contributed by atoms with E-state index < -0.39 is 6.10 Å². The van der Waals surface area contributed by atoms with Crippen LogP contribution < -0.4 is 5.32 Å². The van der Waals surface area contributed by atoms with Crippen LogP contribution in [0.2, 0.25) is 0 Å². The molecule has 0 aliphatic heterocycles. The molecule has 18 heavy (non-hydrogen) atoms. The second-order valence-corrected chi connectivity index (χ2v) is 6.28. The Labute approximate surface area is 118 Å². The molecule has 1 aromatic carbocycles. The maximum absolute atomic E-state index is 9.80. The minimum Gasteiger partial charge on any atom is -0.389 e. The van der Waals surface area contributed by atoms with Gasteiger partial charge < -0.3 is 15.2 Å². The molecular weight excluding hydrogens is 294 g/mol. The fraction of sp³-hybridized carbons (Fsp3) is 0.571. The van der Waals surface area contributed by atoms with Crippen molar-refractivity contribution in [2.75, 3.05) is 18.5 Å². The largest absolute Gasteiger partial charge is 0.389 e. The van der Waals surface area contributed by atoms with Crippen LogP contribution in [0, 0.1) is 6.92 Å². The maximum Gasteiger partial charge on any atom is 0.0945 e. The van der Waals surface area contributed by atoms with Crippen molar-refractivity contribution in [3.05, 3.63) is 28.2 Å². The van der Waals surface area contributed by atoms with Gasteiger partial charge in [0.25, 0.3) is 0 Å². The SMILES string of the molecule is Cc1ccc(NCC(O)COC(C)(C)C)cc1Br. The topological polar surface area (TPSA) is 41.5 Å². The molecule has 1 atom stereocenters. The molecule has 0 fully saturated rings. The van der Waals surface area contributed by atoms with Gasteiger partial charge in [-0.25, -0.2) is 0 Å². The van der Waals surface area contributed by atoms with Crippen molar-refractivity contribution < 1.29 is 9.84 Å². The molecule has 2 N–H and O–H groups in total. The van der Waals surface area contributed by atoms with Crippen LogP contribution >= 0.6 is 15.9 Å². The first-order chi connectivity index (χ1) is 8.28. The zero-order valence-corrected chi connectivity index (χ0v) is 13.0. The second kappa shape index (κ2) is 6.55. The minimum absolute atomic E-state index is 0.214. The van der Waals surface area contributed by atoms with Crippen LogP contribution in [0.4, 0.5) is 5.69 Å². The molecule has 0 amide bonds. The van der Waals surface area contributed by atoms with Gasteiger partial charge in [-0.15, -0.1) is 0 Å². The van der Waals surface area contributed by atoms with Gasteiger partial charge in [0.15, 0.2) is 0 Å². The average molecular weight is 316 g/mol. The lowest BCUT2D eigenvalue weighted by molar-refractivity contribution is -0.0449. The highest BCUT2D eigenvalue weighted by atomic mass is 79.9. The zero-order valence-electron chi connectivity index (χ0n) is 11.5. The summed E-state index contributed by atoms with van der Waals surface area (Å²) in [5.74, 6) is 0. The van der Waals surface area contributed by atoms with Crippen LogP contribution in [0.3, 0.4) is 0 Å². The summed E-state index contributed by atoms with van der Waals surface area (Å²) in [5.41, 5.74) is 1.97. The van der Waals surface area contributed by atoms with Crippen molar-refractivity contribution in [1.82, 2.24) is 0 Å². The quantitative estimate of drug-likeness (QED) is 0.875. The van der Waals surface area contributed by atoms with E-state index in [9.17, 15) is 5.11 Å². The number of halogens is 1. The van der Waals surface area contributed by atoms with Gasteiger partial charge in [-0.2, -0.15) is 0 Å². The van der Waals surface area contributed by atoms with E-state index in [1.165, 1.54) is 5.56 Å². The van der Waals surface area contributed by atoms with Gasteiger partial charge in [0.1, 0.15) is 0 Å². The number of aryl methyl sites for hydroxylation is 1. The minimum atomic E-state index is -0.510. The first kappa shape index (κ1) is 15.5. The van der Waals surface area contributed by atoms with Gasteiger partial charge in [-0.3, -0.25) is 0 Å². The molecule has 1 rings (SSSR count). The van der Waals surface area contributed by atoms with Crippen molar-refractivity contribution in [1.29, 1.82) is 0 Å². The van der Waals surface area contributed by atoms with Crippen molar-refractivity contribution in [2.24, 2.45) is 0 Å². The Balaban J connectivity index is 2.38. The Morgan fingerprint density at radius 2 is 2.06 bits per heavy atom. The van der Waals surface area contributed by atoms with E-state index in [0.29, 0.717) is 13.2 Å². The summed E-state index contributed by atoms with van der Waals surface area (Å²) in [7, 11) is 0. The highest BCUT2D eigenvalue weighted by molar-refractivity contribution is 9.10. The smallest absolute Gasteiger partial charge is 0.0945 e. The lowest BCUT2D eigenvalue weighted by atomic mass is 10.2. The molecule has 0 radical (unpaired) electrons. The summed E-state index contributed by atoms with van der Waals surface area (Å²) in [5, 5.41) is 13.0. The van der Waals surface area contributed by atoms with Gasteiger partial charge in [0, 0.05) is 16.7 Å². The van der Waals surface area contributed by atoms with E-state index in [1.807, 2.05) is 45.9 Å². The van der Waals surface area contributed by atoms with E-state index in [1.54, 1.807) is 0 Å². The number of nitrogens with one attached hydrogen (secondary N) is 1. The van der Waals surface area contributed by atoms with Crippen molar-refractivity contribution >= 4 is 21.6 Å². The summed E-state index contributed by atoms with van der Waals surface area (Å²) in [6.45, 7) is 8.79. The highest BCUT2D eigenvalue weighted by Gasteiger charge is 2.13. The lowest BCUT2D eigenvalue weighted by Crippen LogP contribution is -2.30. The van der Waals surface area contributed by atoms with Crippen molar-refractivity contribution in [3.63, 3.8) is 0 Å². The first-order valence-electron chi connectivity index (χ1n) is 6.10. The van der Waals surface area contributed by atoms with Crippen LogP contribution in [0.15, 0.2) is 22.7 Å². The number of ether oxygens (including phenoxy) is 1. The number of rotatable bonds is 5. The Kier molecular flexibility index (Phi) is 5.63. The fourth-order valence-electron chi connectivity index (χ4n) is 1.34. The van der Waals surface area contributed by atoms with E-state index in [2.05, 4.69) is 21.2 Å². The monoisotopic (exact) mass is 315 g/mol. The standard InChI is InChI=1S/C14H22BrNO2/c1-10-5-6-11(7-13(10)15)16-8-12(17)9-18-14(2,3)4/h5-7,12,16-17H,8-9H2,1-4H3. The zero-order chi connectivity index (χ0) is 13.8. The number of aliphatic hydroxyl groups excluding tert-OH is 1. The molecule has 0 spiro atoms. The van der Waals surface area contributed by atoms with Crippen molar-refractivity contribution in [3.8, 4) is 0 Å². The van der Waals surface area contributed by atoms with Crippen molar-refractivity contribution in [2.45, 2.75) is 39.4 Å². The first-order valence-corrected chi connectivity index (χ1v) is 6.89. The lowest BCUT2D eigenvalue weighted by Gasteiger charge is -2.22. The van der Waals surface area contributed by atoms with Gasteiger partial charge in [-0.1, -0.05) is 22.0 Å². The third-order valence-electron chi connectivity index (χ3n) is 2.42. The van der Waals surface area contributed by atoms with E-state index in [0.717, 1.165) is 10.2 Å². The summed E-state index contributed by atoms with van der Waals surface area (Å²) in [4.78, 5) is 0. The van der Waals surface area contributed by atoms with Crippen LogP contribution in [-0.4, -0.2) is 30.0 Å². The number of hydrogen-bond acceptors (Lipinski definition) is 3. The van der Waals surface area contributed by atoms with E-state index >= 15 is 0 Å². The Hall–Kier alpha value is -0.580. The molecule has 0 aliphatic carbocycles. The Bertz CT molecular complexity index is 388. The molecule has 102 valence electrons. The Morgan fingerprint density at radius 3 is 2.61 bits per heavy atom. The third-order valence-corrected chi connectivity index (χ3v) is 3.28. The van der Waals surface area contributed by atoms with Crippen LogP contribution in [0.1, 0.15) is 26.3 Å². The normalized spacial score (nSPS) is 13.4. The molecule has 0 saturated carbocycles. The summed E-state index contributed by atoms with van der Waals surface area (Å²) < 4.78 is 6.59. The summed E-state index contributed by atoms with van der Waals surface area (Å²) >= 11 is 3.48. The molecule has 1 aromatic rings. The number of aliphatic hydroxyl groups is 1. The fourth-order valence-corrected chi connectivity index (χ4v) is 1.72. The molecule has 3 nitrogen and oxygen atoms in total. The number of hydrogen-bond donors (Lipinski definition) is 2. The molecular formula is C14H22BrNO2. The molecule has 0 aliphatic rings. The Morgan fingerprint density at radius 1 is 1.39 bits per heavy atom. The summed E-state index contributed by atoms with van der Waals surface area (Å²) in [6.07, 6.45) is -0.510. The predicted octanol–water partition coefficient (Wildman–Crippen LogP) is 3.35. The molecule has 0 bridgehead atoms. The third kappa shape index (κ3) is 5.85. The van der Waals surface area contributed by atoms with Crippen LogP contribution in [-0.2, 0) is 4.74 Å². The van der Waals surface area contributed by atoms with Gasteiger partial charge >= 0.3 is 0 Å². The van der Waals surface area contributed by atoms with Gasteiger partial charge in [0.2, 0.25) is 0 Å². The van der Waals surface area contributed by atoms with Crippen LogP contribution in [0.5, 0.6) is 0 Å². The predicted molar refractivity (Wildman–Crippen MR) is 79.1 cm³/mol. The number of anilines is 1. The van der Waals surface area contributed by atoms with Gasteiger partial charge in [-0.05, 0) is 45.4 Å². The highest BCUT2D eigenvalue weighted by Crippen LogP contribution is 2.20. The maximum atomic E-state index is 9.80. The molecule has 1 unspecified atom stereocenters. The molecule has 0 saturated heterocycles. The van der Waals surface area contributed by atoms with E-state index in [-0.39, 0.29) is 5.60 Å². The van der Waals surface area contributed by atoms with Gasteiger partial charge in [0.05, 0.1) is 18.3 Å². The average Bonchev–Trinajstić information content (AvgIpc) is 2.27. The van der Waals surface area contributed by atoms with E-state index in [4.69, 9.17) is 4.74 Å². The molecule has 0 aromatic heterocycles. The summed E-state index contributed by atoms with van der Waals surface area (Å²) in [6, 6.07) is 6.04. The van der Waals surface area contributed by atoms with Crippen LogP contribution in [0.25, 0.3) is 0 Å². The number of benzene rings is 1. The molecule has 4 heteroatoms. The molecule has 0 heterocycles. The second-order valence-electron chi connectivity index (χ2n) is 5.42.